The smallest absolute Gasteiger partial charge is 0.125 e. The highest BCUT2D eigenvalue weighted by Crippen LogP contribution is 2.22. The number of benzene rings is 1. The maximum Gasteiger partial charge on any atom is 0.125 e. The van der Waals surface area contributed by atoms with Crippen molar-refractivity contribution in [1.29, 1.82) is 0 Å². The van der Waals surface area contributed by atoms with Crippen LogP contribution in [0.5, 0.6) is 5.75 Å². The Morgan fingerprint density at radius 2 is 1.71 bits per heavy atom. The number of aryl methyl sites for hydroxylation is 2. The fraction of sp³-hybridized carbons (Fsp3) is 0.538. The van der Waals surface area contributed by atoms with E-state index in [1.165, 1.54) is 11.1 Å². The van der Waals surface area contributed by atoms with Crippen LogP contribution < -0.4 is 4.74 Å². The third kappa shape index (κ3) is 3.06. The first-order valence-electron chi connectivity index (χ1n) is 5.30. The quantitative estimate of drug-likeness (QED) is 0.706. The molecule has 0 aliphatic heterocycles. The first kappa shape index (κ1) is 11.1. The Bertz CT molecular complexity index is 269. The van der Waals surface area contributed by atoms with Gasteiger partial charge in [-0.05, 0) is 37.3 Å². The van der Waals surface area contributed by atoms with Gasteiger partial charge in [0.1, 0.15) is 5.75 Å². The first-order chi connectivity index (χ1) is 6.61. The molecule has 0 radical (unpaired) electrons. The molecule has 0 aliphatic rings. The summed E-state index contributed by atoms with van der Waals surface area (Å²) in [6.45, 7) is 9.45. The van der Waals surface area contributed by atoms with E-state index in [1.807, 2.05) is 0 Å². The zero-order valence-corrected chi connectivity index (χ0v) is 9.63. The lowest BCUT2D eigenvalue weighted by Gasteiger charge is -2.12. The zero-order valence-electron chi connectivity index (χ0n) is 9.63. The average Bonchev–Trinajstić information content (AvgIpc) is 2.09. The summed E-state index contributed by atoms with van der Waals surface area (Å²) in [5, 5.41) is 0. The van der Waals surface area contributed by atoms with Crippen molar-refractivity contribution in [2.75, 3.05) is 6.61 Å². The van der Waals surface area contributed by atoms with Crippen LogP contribution in [-0.2, 0) is 0 Å². The highest BCUT2D eigenvalue weighted by Gasteiger charge is 2.03. The van der Waals surface area contributed by atoms with E-state index in [0.717, 1.165) is 18.8 Å². The second-order valence-corrected chi connectivity index (χ2v) is 4.25. The summed E-state index contributed by atoms with van der Waals surface area (Å²) in [4.78, 5) is 0. The maximum absolute atomic E-state index is 5.78. The average molecular weight is 192 g/mol. The van der Waals surface area contributed by atoms with Crippen LogP contribution in [0.2, 0.25) is 0 Å². The van der Waals surface area contributed by atoms with Gasteiger partial charge in [-0.3, -0.25) is 0 Å². The summed E-state index contributed by atoms with van der Waals surface area (Å²) in [7, 11) is 0. The van der Waals surface area contributed by atoms with Crippen molar-refractivity contribution in [3.05, 3.63) is 29.3 Å². The van der Waals surface area contributed by atoms with Gasteiger partial charge in [0.2, 0.25) is 0 Å². The summed E-state index contributed by atoms with van der Waals surface area (Å²) in [6.07, 6.45) is 1.12. The number of rotatable bonds is 4. The van der Waals surface area contributed by atoms with Gasteiger partial charge in [0, 0.05) is 0 Å². The molecule has 1 aromatic rings. The summed E-state index contributed by atoms with van der Waals surface area (Å²) in [5.41, 5.74) is 2.46. The van der Waals surface area contributed by atoms with Crippen LogP contribution in [0.4, 0.5) is 0 Å². The minimum Gasteiger partial charge on any atom is -0.493 e. The van der Waals surface area contributed by atoms with E-state index in [0.29, 0.717) is 5.92 Å². The van der Waals surface area contributed by atoms with Crippen molar-refractivity contribution in [1.82, 2.24) is 0 Å². The minimum atomic E-state index is 0.708. The van der Waals surface area contributed by atoms with E-state index < -0.39 is 0 Å². The Morgan fingerprint density at radius 1 is 1.14 bits per heavy atom. The van der Waals surface area contributed by atoms with Crippen LogP contribution in [0.15, 0.2) is 18.2 Å². The Balaban J connectivity index is 2.58. The number of hydrogen-bond acceptors (Lipinski definition) is 1. The van der Waals surface area contributed by atoms with Gasteiger partial charge < -0.3 is 4.74 Å². The number of ether oxygens (including phenoxy) is 1. The molecule has 0 saturated carbocycles. The molecule has 0 aliphatic carbocycles. The highest BCUT2D eigenvalue weighted by atomic mass is 16.5. The molecular formula is C13H20O. The van der Waals surface area contributed by atoms with Crippen LogP contribution in [0.25, 0.3) is 0 Å². The standard InChI is InChI=1S/C13H20O/c1-10(2)8-9-14-13-11(3)6-5-7-12(13)4/h5-7,10H,8-9H2,1-4H3. The predicted octanol–water partition coefficient (Wildman–Crippen LogP) is 3.73. The molecule has 0 amide bonds. The van der Waals surface area contributed by atoms with Crippen molar-refractivity contribution >= 4 is 0 Å². The molecule has 0 bridgehead atoms. The summed E-state index contributed by atoms with van der Waals surface area (Å²) in [5.74, 6) is 1.77. The molecule has 0 spiro atoms. The SMILES string of the molecule is Cc1cccc(C)c1OCCC(C)C. The Kier molecular flexibility index (Phi) is 3.99. The third-order valence-electron chi connectivity index (χ3n) is 2.35. The summed E-state index contributed by atoms with van der Waals surface area (Å²) < 4.78 is 5.78. The molecule has 0 fully saturated rings. The van der Waals surface area contributed by atoms with E-state index in [4.69, 9.17) is 4.74 Å². The van der Waals surface area contributed by atoms with Crippen LogP contribution >= 0.6 is 0 Å². The summed E-state index contributed by atoms with van der Waals surface area (Å²) >= 11 is 0. The van der Waals surface area contributed by atoms with Gasteiger partial charge in [-0.15, -0.1) is 0 Å². The van der Waals surface area contributed by atoms with Crippen LogP contribution in [0.3, 0.4) is 0 Å². The molecule has 1 heteroatoms. The summed E-state index contributed by atoms with van der Waals surface area (Å²) in [6, 6.07) is 6.26. The molecule has 0 aromatic heterocycles. The van der Waals surface area contributed by atoms with E-state index in [2.05, 4.69) is 45.9 Å². The predicted molar refractivity (Wildman–Crippen MR) is 60.9 cm³/mol. The van der Waals surface area contributed by atoms with Crippen molar-refractivity contribution in [2.45, 2.75) is 34.1 Å². The van der Waals surface area contributed by atoms with Gasteiger partial charge >= 0.3 is 0 Å². The lowest BCUT2D eigenvalue weighted by molar-refractivity contribution is 0.286. The molecular weight excluding hydrogens is 172 g/mol. The molecule has 0 unspecified atom stereocenters. The maximum atomic E-state index is 5.78. The molecule has 14 heavy (non-hydrogen) atoms. The Hall–Kier alpha value is -0.980. The van der Waals surface area contributed by atoms with Crippen LogP contribution in [0, 0.1) is 19.8 Å². The molecule has 1 nitrogen and oxygen atoms in total. The Morgan fingerprint density at radius 3 is 2.21 bits per heavy atom. The van der Waals surface area contributed by atoms with Gasteiger partial charge in [-0.2, -0.15) is 0 Å². The third-order valence-corrected chi connectivity index (χ3v) is 2.35. The lowest BCUT2D eigenvalue weighted by atomic mass is 10.1. The first-order valence-corrected chi connectivity index (χ1v) is 5.30. The van der Waals surface area contributed by atoms with Crippen LogP contribution in [0.1, 0.15) is 31.4 Å². The van der Waals surface area contributed by atoms with Gasteiger partial charge in [0.05, 0.1) is 6.61 Å². The van der Waals surface area contributed by atoms with E-state index in [9.17, 15) is 0 Å². The Labute approximate surface area is 87.1 Å². The second-order valence-electron chi connectivity index (χ2n) is 4.25. The molecule has 0 saturated heterocycles. The normalized spacial score (nSPS) is 10.6. The largest absolute Gasteiger partial charge is 0.493 e. The van der Waals surface area contributed by atoms with Gasteiger partial charge in [0.25, 0.3) is 0 Å². The van der Waals surface area contributed by atoms with Gasteiger partial charge in [-0.1, -0.05) is 32.0 Å². The number of hydrogen-bond donors (Lipinski definition) is 0. The highest BCUT2D eigenvalue weighted by molar-refractivity contribution is 5.39. The molecule has 78 valence electrons. The van der Waals surface area contributed by atoms with Crippen LogP contribution in [-0.4, -0.2) is 6.61 Å². The number of para-hydroxylation sites is 1. The molecule has 1 aromatic carbocycles. The minimum absolute atomic E-state index is 0.708. The van der Waals surface area contributed by atoms with E-state index in [-0.39, 0.29) is 0 Å². The van der Waals surface area contributed by atoms with E-state index in [1.54, 1.807) is 0 Å². The fourth-order valence-corrected chi connectivity index (χ4v) is 1.42. The lowest BCUT2D eigenvalue weighted by Crippen LogP contribution is -2.03. The van der Waals surface area contributed by atoms with Crippen molar-refractivity contribution in [3.8, 4) is 5.75 Å². The molecule has 1 rings (SSSR count). The van der Waals surface area contributed by atoms with Crippen molar-refractivity contribution < 1.29 is 4.74 Å². The van der Waals surface area contributed by atoms with Gasteiger partial charge in [0.15, 0.2) is 0 Å². The van der Waals surface area contributed by atoms with Crippen molar-refractivity contribution in [3.63, 3.8) is 0 Å². The molecule has 0 heterocycles. The molecule has 0 atom stereocenters. The van der Waals surface area contributed by atoms with Gasteiger partial charge in [-0.25, -0.2) is 0 Å². The van der Waals surface area contributed by atoms with E-state index >= 15 is 0 Å². The van der Waals surface area contributed by atoms with Crippen molar-refractivity contribution in [2.24, 2.45) is 5.92 Å². The topological polar surface area (TPSA) is 9.23 Å². The fourth-order valence-electron chi connectivity index (χ4n) is 1.42. The monoisotopic (exact) mass is 192 g/mol. The zero-order chi connectivity index (χ0) is 10.6. The second kappa shape index (κ2) is 5.04. The molecule has 0 N–H and O–H groups in total.